The molecule has 0 aliphatic carbocycles. The first-order chi connectivity index (χ1) is 8.68. The van der Waals surface area contributed by atoms with Crippen LogP contribution in [0.4, 0.5) is 5.82 Å². The Morgan fingerprint density at radius 1 is 1.39 bits per heavy atom. The van der Waals surface area contributed by atoms with Gasteiger partial charge in [-0.1, -0.05) is 11.6 Å². The molecule has 1 fully saturated rings. The molecule has 0 aromatic carbocycles. The van der Waals surface area contributed by atoms with E-state index in [-0.39, 0.29) is 0 Å². The van der Waals surface area contributed by atoms with Gasteiger partial charge in [0.1, 0.15) is 17.3 Å². The Morgan fingerprint density at radius 2 is 2.22 bits per heavy atom. The Labute approximate surface area is 111 Å². The Morgan fingerprint density at radius 3 is 3.00 bits per heavy atom. The van der Waals surface area contributed by atoms with E-state index >= 15 is 0 Å². The van der Waals surface area contributed by atoms with Crippen molar-refractivity contribution in [3.05, 3.63) is 17.0 Å². The highest BCUT2D eigenvalue weighted by atomic mass is 35.5. The molecule has 0 saturated carbocycles. The maximum Gasteiger partial charge on any atom is 0.255 e. The summed E-state index contributed by atoms with van der Waals surface area (Å²) >= 11 is 6.20. The second kappa shape index (κ2) is 4.39. The molecule has 18 heavy (non-hydrogen) atoms. The van der Waals surface area contributed by atoms with Gasteiger partial charge in [0, 0.05) is 18.2 Å². The molecule has 2 aromatic heterocycles. The summed E-state index contributed by atoms with van der Waals surface area (Å²) < 4.78 is 1.79. The van der Waals surface area contributed by atoms with Crippen LogP contribution in [-0.4, -0.2) is 32.2 Å². The monoisotopic (exact) mass is 265 g/mol. The van der Waals surface area contributed by atoms with Crippen LogP contribution in [0.2, 0.25) is 5.15 Å². The number of nitrogens with zero attached hydrogens (tertiary/aromatic N) is 5. The number of anilines is 1. The Balaban J connectivity index is 2.19. The molecule has 0 amide bonds. The fraction of sp³-hybridized carbons (Fsp3) is 0.583. The van der Waals surface area contributed by atoms with E-state index in [1.165, 1.54) is 25.6 Å². The summed E-state index contributed by atoms with van der Waals surface area (Å²) in [5, 5.41) is 4.79. The van der Waals surface area contributed by atoms with Crippen LogP contribution in [0.25, 0.3) is 5.78 Å². The van der Waals surface area contributed by atoms with Gasteiger partial charge in [-0.3, -0.25) is 0 Å². The zero-order chi connectivity index (χ0) is 12.7. The van der Waals surface area contributed by atoms with Crippen LogP contribution in [0, 0.1) is 6.92 Å². The molecule has 3 rings (SSSR count). The molecule has 5 nitrogen and oxygen atoms in total. The van der Waals surface area contributed by atoms with Crippen molar-refractivity contribution in [3.8, 4) is 0 Å². The lowest BCUT2D eigenvalue weighted by molar-refractivity contribution is 0.477. The number of fused-ring (bicyclic) bond motifs is 1. The van der Waals surface area contributed by atoms with Crippen molar-refractivity contribution in [2.75, 3.05) is 11.4 Å². The molecular formula is C12H16ClN5. The van der Waals surface area contributed by atoms with E-state index in [9.17, 15) is 0 Å². The third-order valence-electron chi connectivity index (χ3n) is 3.65. The lowest BCUT2D eigenvalue weighted by Gasteiger charge is -2.36. The van der Waals surface area contributed by atoms with Crippen LogP contribution >= 0.6 is 11.6 Å². The lowest BCUT2D eigenvalue weighted by Crippen LogP contribution is -2.39. The van der Waals surface area contributed by atoms with E-state index in [0.717, 1.165) is 17.9 Å². The Bertz CT molecular complexity index is 579. The smallest absolute Gasteiger partial charge is 0.255 e. The van der Waals surface area contributed by atoms with Gasteiger partial charge in [0.05, 0.1) is 0 Å². The molecule has 6 heteroatoms. The SMILES string of the molecule is Cc1c(Cl)nc2ncnn2c1N1CCCCC1C. The number of halogens is 1. The van der Waals surface area contributed by atoms with Gasteiger partial charge < -0.3 is 4.90 Å². The summed E-state index contributed by atoms with van der Waals surface area (Å²) in [5.74, 6) is 1.60. The Kier molecular flexibility index (Phi) is 2.86. The summed E-state index contributed by atoms with van der Waals surface area (Å²) in [6.45, 7) is 5.28. The predicted molar refractivity (Wildman–Crippen MR) is 71.2 cm³/mol. The molecule has 0 spiro atoms. The number of aromatic nitrogens is 4. The highest BCUT2D eigenvalue weighted by molar-refractivity contribution is 6.30. The highest BCUT2D eigenvalue weighted by Gasteiger charge is 2.24. The second-order valence-electron chi connectivity index (χ2n) is 4.86. The van der Waals surface area contributed by atoms with Crippen LogP contribution in [0.3, 0.4) is 0 Å². The summed E-state index contributed by atoms with van der Waals surface area (Å²) in [5.41, 5.74) is 0.975. The number of piperidine rings is 1. The van der Waals surface area contributed by atoms with Crippen LogP contribution in [0.15, 0.2) is 6.33 Å². The first-order valence-electron chi connectivity index (χ1n) is 6.31. The van der Waals surface area contributed by atoms with Gasteiger partial charge in [-0.2, -0.15) is 19.6 Å². The topological polar surface area (TPSA) is 46.3 Å². The van der Waals surface area contributed by atoms with Crippen molar-refractivity contribution in [1.82, 2.24) is 19.6 Å². The standard InChI is InChI=1S/C12H16ClN5/c1-8-5-3-4-6-17(8)11-9(2)10(13)16-12-14-7-15-18(11)12/h7-8H,3-6H2,1-2H3. The van der Waals surface area contributed by atoms with Crippen LogP contribution in [0.5, 0.6) is 0 Å². The van der Waals surface area contributed by atoms with Crippen LogP contribution in [-0.2, 0) is 0 Å². The van der Waals surface area contributed by atoms with Crippen molar-refractivity contribution in [2.45, 2.75) is 39.2 Å². The highest BCUT2D eigenvalue weighted by Crippen LogP contribution is 2.30. The maximum atomic E-state index is 6.20. The molecule has 1 aliphatic rings. The average molecular weight is 266 g/mol. The molecule has 0 bridgehead atoms. The molecule has 1 atom stereocenters. The summed E-state index contributed by atoms with van der Waals surface area (Å²) in [6.07, 6.45) is 5.22. The molecule has 1 unspecified atom stereocenters. The van der Waals surface area contributed by atoms with E-state index in [0.29, 0.717) is 17.0 Å². The zero-order valence-electron chi connectivity index (χ0n) is 10.6. The number of rotatable bonds is 1. The van der Waals surface area contributed by atoms with Gasteiger partial charge in [0.15, 0.2) is 0 Å². The van der Waals surface area contributed by atoms with Gasteiger partial charge in [0.25, 0.3) is 5.78 Å². The minimum absolute atomic E-state index is 0.503. The molecular weight excluding hydrogens is 250 g/mol. The molecule has 1 saturated heterocycles. The van der Waals surface area contributed by atoms with Gasteiger partial charge in [0.2, 0.25) is 0 Å². The van der Waals surface area contributed by atoms with Crippen LogP contribution < -0.4 is 4.90 Å². The molecule has 96 valence electrons. The van der Waals surface area contributed by atoms with E-state index < -0.39 is 0 Å². The molecule has 2 aromatic rings. The van der Waals surface area contributed by atoms with Crippen molar-refractivity contribution in [3.63, 3.8) is 0 Å². The average Bonchev–Trinajstić information content (AvgIpc) is 2.80. The number of hydrogen-bond donors (Lipinski definition) is 0. The minimum atomic E-state index is 0.503. The Hall–Kier alpha value is -1.36. The first kappa shape index (κ1) is 11.7. The first-order valence-corrected chi connectivity index (χ1v) is 6.69. The third-order valence-corrected chi connectivity index (χ3v) is 4.02. The summed E-state index contributed by atoms with van der Waals surface area (Å²) in [7, 11) is 0. The van der Waals surface area contributed by atoms with Crippen molar-refractivity contribution >= 4 is 23.2 Å². The predicted octanol–water partition coefficient (Wildman–Crippen LogP) is 2.46. The van der Waals surface area contributed by atoms with Gasteiger partial charge in [-0.15, -0.1) is 0 Å². The normalized spacial score (nSPS) is 20.6. The molecule has 0 radical (unpaired) electrons. The van der Waals surface area contributed by atoms with E-state index in [1.54, 1.807) is 4.52 Å². The molecule has 3 heterocycles. The fourth-order valence-electron chi connectivity index (χ4n) is 2.63. The minimum Gasteiger partial charge on any atom is -0.353 e. The van der Waals surface area contributed by atoms with Gasteiger partial charge >= 0.3 is 0 Å². The fourth-order valence-corrected chi connectivity index (χ4v) is 2.79. The van der Waals surface area contributed by atoms with E-state index in [1.807, 2.05) is 6.92 Å². The van der Waals surface area contributed by atoms with Crippen LogP contribution in [0.1, 0.15) is 31.7 Å². The van der Waals surface area contributed by atoms with Crippen molar-refractivity contribution in [1.29, 1.82) is 0 Å². The maximum absolute atomic E-state index is 6.20. The van der Waals surface area contributed by atoms with Gasteiger partial charge in [-0.05, 0) is 33.1 Å². The summed E-state index contributed by atoms with van der Waals surface area (Å²) in [6, 6.07) is 0.503. The lowest BCUT2D eigenvalue weighted by atomic mass is 10.0. The second-order valence-corrected chi connectivity index (χ2v) is 5.22. The quantitative estimate of drug-likeness (QED) is 0.743. The largest absolute Gasteiger partial charge is 0.353 e. The molecule has 0 N–H and O–H groups in total. The zero-order valence-corrected chi connectivity index (χ0v) is 11.4. The van der Waals surface area contributed by atoms with E-state index in [2.05, 4.69) is 26.9 Å². The number of hydrogen-bond acceptors (Lipinski definition) is 4. The summed E-state index contributed by atoms with van der Waals surface area (Å²) in [4.78, 5) is 10.7. The van der Waals surface area contributed by atoms with Crippen molar-refractivity contribution < 1.29 is 0 Å². The molecule has 1 aliphatic heterocycles. The van der Waals surface area contributed by atoms with Crippen molar-refractivity contribution in [2.24, 2.45) is 0 Å². The van der Waals surface area contributed by atoms with E-state index in [4.69, 9.17) is 11.6 Å². The van der Waals surface area contributed by atoms with Gasteiger partial charge in [-0.25, -0.2) is 0 Å². The third kappa shape index (κ3) is 1.73.